The average molecular weight is 235 g/mol. The van der Waals surface area contributed by atoms with Crippen LogP contribution in [0.5, 0.6) is 0 Å². The standard InChI is InChI=1S/C11H17N5O/c1-3-8-9-10(15(2)14-8)16(11(12)13-9)7-4-5-17-6-7/h7H,3-6H2,1-2H3,(H2,12,13). The molecular weight excluding hydrogens is 218 g/mol. The number of nitrogens with two attached hydrogens (primary N) is 1. The van der Waals surface area contributed by atoms with E-state index in [0.717, 1.165) is 36.3 Å². The second-order valence-electron chi connectivity index (χ2n) is 4.45. The number of hydrogen-bond acceptors (Lipinski definition) is 4. The van der Waals surface area contributed by atoms with Crippen LogP contribution >= 0.6 is 0 Å². The Labute approximate surface area is 99.4 Å². The summed E-state index contributed by atoms with van der Waals surface area (Å²) in [7, 11) is 1.94. The van der Waals surface area contributed by atoms with Crippen LogP contribution in [0.25, 0.3) is 11.2 Å². The summed E-state index contributed by atoms with van der Waals surface area (Å²) in [4.78, 5) is 4.45. The minimum absolute atomic E-state index is 0.292. The van der Waals surface area contributed by atoms with E-state index in [1.54, 1.807) is 0 Å². The zero-order chi connectivity index (χ0) is 12.0. The number of hydrogen-bond donors (Lipinski definition) is 1. The maximum atomic E-state index is 6.03. The molecule has 1 saturated heterocycles. The molecule has 0 aliphatic carbocycles. The summed E-state index contributed by atoms with van der Waals surface area (Å²) in [6.45, 7) is 3.58. The number of aromatic nitrogens is 4. The lowest BCUT2D eigenvalue weighted by Gasteiger charge is -2.12. The van der Waals surface area contributed by atoms with Crippen LogP contribution in [0.4, 0.5) is 5.95 Å². The van der Waals surface area contributed by atoms with E-state index in [1.165, 1.54) is 0 Å². The maximum Gasteiger partial charge on any atom is 0.202 e. The summed E-state index contributed by atoms with van der Waals surface area (Å²) in [5.74, 6) is 0.568. The fourth-order valence-electron chi connectivity index (χ4n) is 2.54. The molecule has 17 heavy (non-hydrogen) atoms. The van der Waals surface area contributed by atoms with E-state index in [4.69, 9.17) is 10.5 Å². The van der Waals surface area contributed by atoms with Gasteiger partial charge in [-0.2, -0.15) is 5.10 Å². The summed E-state index contributed by atoms with van der Waals surface area (Å²) >= 11 is 0. The number of ether oxygens (including phenoxy) is 1. The normalized spacial score (nSPS) is 20.5. The predicted molar refractivity (Wildman–Crippen MR) is 64.8 cm³/mol. The second kappa shape index (κ2) is 3.73. The van der Waals surface area contributed by atoms with E-state index in [9.17, 15) is 0 Å². The molecule has 2 aromatic rings. The molecule has 3 heterocycles. The van der Waals surface area contributed by atoms with Crippen molar-refractivity contribution < 1.29 is 4.74 Å². The Hall–Kier alpha value is -1.56. The molecule has 0 aromatic carbocycles. The first-order valence-electron chi connectivity index (χ1n) is 5.99. The van der Waals surface area contributed by atoms with Crippen molar-refractivity contribution in [3.05, 3.63) is 5.69 Å². The van der Waals surface area contributed by atoms with Gasteiger partial charge in [-0.25, -0.2) is 4.98 Å². The molecule has 92 valence electrons. The lowest BCUT2D eigenvalue weighted by molar-refractivity contribution is 0.187. The van der Waals surface area contributed by atoms with Gasteiger partial charge < -0.3 is 10.5 Å². The van der Waals surface area contributed by atoms with Crippen LogP contribution in [0.2, 0.25) is 0 Å². The van der Waals surface area contributed by atoms with Gasteiger partial charge in [-0.1, -0.05) is 6.92 Å². The highest BCUT2D eigenvalue weighted by Crippen LogP contribution is 2.29. The highest BCUT2D eigenvalue weighted by molar-refractivity contribution is 5.78. The Kier molecular flexibility index (Phi) is 2.32. The molecule has 1 unspecified atom stereocenters. The monoisotopic (exact) mass is 235 g/mol. The molecule has 2 aromatic heterocycles. The predicted octanol–water partition coefficient (Wildman–Crippen LogP) is 0.876. The van der Waals surface area contributed by atoms with Crippen molar-refractivity contribution in [1.82, 2.24) is 19.3 Å². The smallest absolute Gasteiger partial charge is 0.202 e. The van der Waals surface area contributed by atoms with Crippen LogP contribution < -0.4 is 5.73 Å². The van der Waals surface area contributed by atoms with Gasteiger partial charge in [0, 0.05) is 13.7 Å². The first kappa shape index (κ1) is 10.6. The molecule has 1 aliphatic rings. The molecule has 6 heteroatoms. The van der Waals surface area contributed by atoms with E-state index >= 15 is 0 Å². The van der Waals surface area contributed by atoms with Crippen molar-refractivity contribution in [3.63, 3.8) is 0 Å². The largest absolute Gasteiger partial charge is 0.379 e. The van der Waals surface area contributed by atoms with E-state index in [2.05, 4.69) is 21.6 Å². The van der Waals surface area contributed by atoms with Crippen LogP contribution in [0, 0.1) is 0 Å². The van der Waals surface area contributed by atoms with E-state index in [0.29, 0.717) is 18.6 Å². The average Bonchev–Trinajstić information content (AvgIpc) is 2.96. The molecule has 6 nitrogen and oxygen atoms in total. The van der Waals surface area contributed by atoms with Crippen LogP contribution in [-0.4, -0.2) is 32.5 Å². The van der Waals surface area contributed by atoms with Gasteiger partial charge in [-0.15, -0.1) is 0 Å². The quantitative estimate of drug-likeness (QED) is 0.838. The number of anilines is 1. The van der Waals surface area contributed by atoms with E-state index in [1.807, 2.05) is 11.7 Å². The third-order valence-corrected chi connectivity index (χ3v) is 3.37. The molecule has 0 amide bonds. The summed E-state index contributed by atoms with van der Waals surface area (Å²) in [5.41, 5.74) is 8.97. The fourth-order valence-corrected chi connectivity index (χ4v) is 2.54. The molecule has 1 atom stereocenters. The molecule has 0 bridgehead atoms. The number of nitrogens with zero attached hydrogens (tertiary/aromatic N) is 4. The highest BCUT2D eigenvalue weighted by Gasteiger charge is 2.25. The minimum atomic E-state index is 0.292. The van der Waals surface area contributed by atoms with E-state index < -0.39 is 0 Å². The van der Waals surface area contributed by atoms with Gasteiger partial charge in [0.15, 0.2) is 5.65 Å². The Balaban J connectivity index is 2.22. The maximum absolute atomic E-state index is 6.03. The van der Waals surface area contributed by atoms with Gasteiger partial charge in [0.1, 0.15) is 5.52 Å². The fraction of sp³-hybridized carbons (Fsp3) is 0.636. The van der Waals surface area contributed by atoms with Crippen LogP contribution in [0.15, 0.2) is 0 Å². The summed E-state index contributed by atoms with van der Waals surface area (Å²) in [5, 5.41) is 4.48. The van der Waals surface area contributed by atoms with Gasteiger partial charge in [-0.05, 0) is 12.8 Å². The van der Waals surface area contributed by atoms with Crippen LogP contribution in [0.3, 0.4) is 0 Å². The third kappa shape index (κ3) is 1.44. The topological polar surface area (TPSA) is 70.9 Å². The number of fused-ring (bicyclic) bond motifs is 1. The van der Waals surface area contributed by atoms with Gasteiger partial charge in [0.25, 0.3) is 0 Å². The summed E-state index contributed by atoms with van der Waals surface area (Å²) in [6.07, 6.45) is 1.86. The molecule has 0 spiro atoms. The van der Waals surface area contributed by atoms with Crippen molar-refractivity contribution >= 4 is 17.1 Å². The van der Waals surface area contributed by atoms with E-state index in [-0.39, 0.29) is 0 Å². The summed E-state index contributed by atoms with van der Waals surface area (Å²) in [6, 6.07) is 0.292. The third-order valence-electron chi connectivity index (χ3n) is 3.37. The lowest BCUT2D eigenvalue weighted by atomic mass is 10.2. The SMILES string of the molecule is CCc1nn(C)c2c1nc(N)n2C1CCOC1. The molecule has 1 fully saturated rings. The molecule has 2 N–H and O–H groups in total. The number of imidazole rings is 1. The van der Waals surface area contributed by atoms with Crippen molar-refractivity contribution in [2.75, 3.05) is 18.9 Å². The Morgan fingerprint density at radius 1 is 1.53 bits per heavy atom. The zero-order valence-electron chi connectivity index (χ0n) is 10.2. The molecule has 0 radical (unpaired) electrons. The van der Waals surface area contributed by atoms with Gasteiger partial charge >= 0.3 is 0 Å². The molecule has 0 saturated carbocycles. The van der Waals surface area contributed by atoms with Gasteiger partial charge in [0.05, 0.1) is 18.3 Å². The van der Waals surface area contributed by atoms with Crippen molar-refractivity contribution in [3.8, 4) is 0 Å². The second-order valence-corrected chi connectivity index (χ2v) is 4.45. The molecule has 1 aliphatic heterocycles. The minimum Gasteiger partial charge on any atom is -0.379 e. The van der Waals surface area contributed by atoms with Crippen molar-refractivity contribution in [1.29, 1.82) is 0 Å². The Morgan fingerprint density at radius 2 is 2.35 bits per heavy atom. The zero-order valence-corrected chi connectivity index (χ0v) is 10.2. The lowest BCUT2D eigenvalue weighted by Crippen LogP contribution is -2.13. The number of aryl methyl sites for hydroxylation is 2. The molecule has 3 rings (SSSR count). The Morgan fingerprint density at radius 3 is 3.00 bits per heavy atom. The first-order chi connectivity index (χ1) is 8.22. The summed E-state index contributed by atoms with van der Waals surface area (Å²) < 4.78 is 9.36. The number of rotatable bonds is 2. The highest BCUT2D eigenvalue weighted by atomic mass is 16.5. The first-order valence-corrected chi connectivity index (χ1v) is 5.99. The van der Waals surface area contributed by atoms with Gasteiger partial charge in [0.2, 0.25) is 5.95 Å². The van der Waals surface area contributed by atoms with Crippen LogP contribution in [-0.2, 0) is 18.2 Å². The van der Waals surface area contributed by atoms with Crippen molar-refractivity contribution in [2.45, 2.75) is 25.8 Å². The number of nitrogen functional groups attached to an aromatic ring is 1. The van der Waals surface area contributed by atoms with Crippen molar-refractivity contribution in [2.24, 2.45) is 7.05 Å². The molecular formula is C11H17N5O. The Bertz CT molecular complexity index is 550. The van der Waals surface area contributed by atoms with Gasteiger partial charge in [-0.3, -0.25) is 9.25 Å². The van der Waals surface area contributed by atoms with Crippen LogP contribution in [0.1, 0.15) is 25.1 Å².